The second-order valence-corrected chi connectivity index (χ2v) is 7.24. The van der Waals surface area contributed by atoms with Crippen LogP contribution in [0.25, 0.3) is 0 Å². The Hall–Kier alpha value is -2.44. The van der Waals surface area contributed by atoms with Gasteiger partial charge in [-0.15, -0.1) is 0 Å². The minimum absolute atomic E-state index is 0.217. The molecule has 3 rings (SSSR count). The number of rotatable bonds is 6. The molecule has 1 amide bonds. The number of hydrogen-bond acceptors (Lipinski definition) is 5. The summed E-state index contributed by atoms with van der Waals surface area (Å²) in [7, 11) is 3.97. The van der Waals surface area contributed by atoms with Crippen LogP contribution in [0.2, 0.25) is 0 Å². The fourth-order valence-electron chi connectivity index (χ4n) is 3.56. The Bertz CT molecular complexity index is 741. The van der Waals surface area contributed by atoms with E-state index in [1.165, 1.54) is 0 Å². The van der Waals surface area contributed by atoms with E-state index in [9.17, 15) is 4.79 Å². The molecule has 7 heteroatoms. The molecule has 1 aliphatic rings. The Kier molecular flexibility index (Phi) is 5.85. The molecule has 7 nitrogen and oxygen atoms in total. The first-order valence-electron chi connectivity index (χ1n) is 9.28. The van der Waals surface area contributed by atoms with E-state index in [0.717, 1.165) is 49.6 Å². The quantitative estimate of drug-likeness (QED) is 0.791. The molecule has 0 spiro atoms. The maximum atomic E-state index is 12.6. The fraction of sp³-hybridized carbons (Fsp3) is 0.579. The monoisotopic (exact) mass is 356 g/mol. The van der Waals surface area contributed by atoms with Crippen LogP contribution < -0.4 is 4.90 Å². The average molecular weight is 356 g/mol. The number of aryl methyl sites for hydroxylation is 2. The van der Waals surface area contributed by atoms with Gasteiger partial charge in [-0.3, -0.25) is 14.5 Å². The molecule has 1 atom stereocenters. The van der Waals surface area contributed by atoms with Gasteiger partial charge in [0.15, 0.2) is 0 Å². The van der Waals surface area contributed by atoms with E-state index >= 15 is 0 Å². The standard InChI is InChI=1S/C19H28N6O/c1-15-6-11-25(22-15)12-7-18(26)24-10-4-5-16(14-24)13-17-19(23(2)3)21-9-8-20-17/h6,8-9,11,16H,4-5,7,10,12-14H2,1-3H3/t16-/m1/s1. The van der Waals surface area contributed by atoms with Crippen molar-refractivity contribution in [1.82, 2.24) is 24.6 Å². The number of hydrogen-bond donors (Lipinski definition) is 0. The lowest BCUT2D eigenvalue weighted by Gasteiger charge is -2.33. The lowest BCUT2D eigenvalue weighted by Crippen LogP contribution is -2.41. The van der Waals surface area contributed by atoms with Crippen LogP contribution in [0.4, 0.5) is 5.82 Å². The normalized spacial score (nSPS) is 17.3. The van der Waals surface area contributed by atoms with Gasteiger partial charge in [-0.05, 0) is 38.2 Å². The van der Waals surface area contributed by atoms with Crippen LogP contribution in [0.15, 0.2) is 24.7 Å². The third-order valence-corrected chi connectivity index (χ3v) is 4.86. The van der Waals surface area contributed by atoms with Gasteiger partial charge in [-0.25, -0.2) is 4.98 Å². The van der Waals surface area contributed by atoms with Gasteiger partial charge < -0.3 is 9.80 Å². The van der Waals surface area contributed by atoms with Gasteiger partial charge in [0.1, 0.15) is 5.82 Å². The average Bonchev–Trinajstić information content (AvgIpc) is 3.05. The van der Waals surface area contributed by atoms with Gasteiger partial charge in [-0.2, -0.15) is 5.10 Å². The summed E-state index contributed by atoms with van der Waals surface area (Å²) in [5.74, 6) is 1.58. The molecular weight excluding hydrogens is 328 g/mol. The molecule has 26 heavy (non-hydrogen) atoms. The minimum Gasteiger partial charge on any atom is -0.361 e. The van der Waals surface area contributed by atoms with Crippen molar-refractivity contribution in [2.45, 2.75) is 39.2 Å². The topological polar surface area (TPSA) is 67.2 Å². The van der Waals surface area contributed by atoms with Crippen LogP contribution in [0.1, 0.15) is 30.7 Å². The van der Waals surface area contributed by atoms with E-state index in [1.807, 2.05) is 47.8 Å². The molecule has 0 bridgehead atoms. The van der Waals surface area contributed by atoms with E-state index in [4.69, 9.17) is 0 Å². The zero-order valence-electron chi connectivity index (χ0n) is 15.9. The third-order valence-electron chi connectivity index (χ3n) is 4.86. The van der Waals surface area contributed by atoms with Gasteiger partial charge >= 0.3 is 0 Å². The molecule has 0 N–H and O–H groups in total. The van der Waals surface area contributed by atoms with Crippen LogP contribution in [-0.4, -0.2) is 57.7 Å². The molecule has 1 fully saturated rings. The third kappa shape index (κ3) is 4.59. The van der Waals surface area contributed by atoms with Crippen molar-refractivity contribution in [3.8, 4) is 0 Å². The molecule has 3 heterocycles. The summed E-state index contributed by atoms with van der Waals surface area (Å²) in [6.45, 7) is 4.26. The molecule has 140 valence electrons. The van der Waals surface area contributed by atoms with Crippen LogP contribution in [0, 0.1) is 12.8 Å². The van der Waals surface area contributed by atoms with Gasteiger partial charge in [0, 0.05) is 58.7 Å². The van der Waals surface area contributed by atoms with Crippen molar-refractivity contribution in [2.75, 3.05) is 32.1 Å². The zero-order chi connectivity index (χ0) is 18.5. The molecule has 0 aliphatic carbocycles. The molecule has 0 radical (unpaired) electrons. The van der Waals surface area contributed by atoms with Crippen molar-refractivity contribution < 1.29 is 4.79 Å². The number of carbonyl (C=O) groups is 1. The van der Waals surface area contributed by atoms with Crippen molar-refractivity contribution in [1.29, 1.82) is 0 Å². The molecule has 0 aromatic carbocycles. The van der Waals surface area contributed by atoms with E-state index in [-0.39, 0.29) is 5.91 Å². The maximum absolute atomic E-state index is 12.6. The lowest BCUT2D eigenvalue weighted by molar-refractivity contribution is -0.133. The predicted octanol–water partition coefficient (Wildman–Crippen LogP) is 1.92. The van der Waals surface area contributed by atoms with Gasteiger partial charge in [0.2, 0.25) is 5.91 Å². The van der Waals surface area contributed by atoms with Crippen LogP contribution in [0.5, 0.6) is 0 Å². The first kappa shape index (κ1) is 18.4. The van der Waals surface area contributed by atoms with Crippen molar-refractivity contribution >= 4 is 11.7 Å². The second-order valence-electron chi connectivity index (χ2n) is 7.24. The molecule has 2 aromatic rings. The maximum Gasteiger partial charge on any atom is 0.224 e. The summed E-state index contributed by atoms with van der Waals surface area (Å²) in [6, 6.07) is 1.96. The Morgan fingerprint density at radius 2 is 2.12 bits per heavy atom. The number of piperidine rings is 1. The van der Waals surface area contributed by atoms with E-state index < -0.39 is 0 Å². The fourth-order valence-corrected chi connectivity index (χ4v) is 3.56. The molecular formula is C19H28N6O. The molecule has 2 aromatic heterocycles. The number of amides is 1. The largest absolute Gasteiger partial charge is 0.361 e. The highest BCUT2D eigenvalue weighted by atomic mass is 16.2. The number of likely N-dealkylation sites (tertiary alicyclic amines) is 1. The van der Waals surface area contributed by atoms with E-state index in [2.05, 4.69) is 15.1 Å². The first-order valence-corrected chi connectivity index (χ1v) is 9.28. The molecule has 1 saturated heterocycles. The summed E-state index contributed by atoms with van der Waals surface area (Å²) in [6.07, 6.45) is 8.96. The van der Waals surface area contributed by atoms with Crippen molar-refractivity contribution in [2.24, 2.45) is 5.92 Å². The number of carbonyl (C=O) groups excluding carboxylic acids is 1. The minimum atomic E-state index is 0.217. The van der Waals surface area contributed by atoms with E-state index in [1.54, 1.807) is 12.4 Å². The lowest BCUT2D eigenvalue weighted by atomic mass is 9.93. The molecule has 0 saturated carbocycles. The smallest absolute Gasteiger partial charge is 0.224 e. The Balaban J connectivity index is 1.56. The number of nitrogens with zero attached hydrogens (tertiary/aromatic N) is 6. The molecule has 1 aliphatic heterocycles. The van der Waals surface area contributed by atoms with Crippen molar-refractivity contribution in [3.63, 3.8) is 0 Å². The summed E-state index contributed by atoms with van der Waals surface area (Å²) in [5, 5.41) is 4.35. The highest BCUT2D eigenvalue weighted by Crippen LogP contribution is 2.24. The van der Waals surface area contributed by atoms with Crippen molar-refractivity contribution in [3.05, 3.63) is 36.0 Å². The second kappa shape index (κ2) is 8.29. The highest BCUT2D eigenvalue weighted by Gasteiger charge is 2.25. The Morgan fingerprint density at radius 3 is 2.85 bits per heavy atom. The number of anilines is 1. The van der Waals surface area contributed by atoms with Crippen LogP contribution >= 0.6 is 0 Å². The summed E-state index contributed by atoms with van der Waals surface area (Å²) >= 11 is 0. The van der Waals surface area contributed by atoms with Gasteiger partial charge in [0.25, 0.3) is 0 Å². The van der Waals surface area contributed by atoms with E-state index in [0.29, 0.717) is 18.9 Å². The SMILES string of the molecule is Cc1ccn(CCC(=O)N2CCC[C@H](Cc3nccnc3N(C)C)C2)n1. The Morgan fingerprint density at radius 1 is 1.31 bits per heavy atom. The number of aromatic nitrogens is 4. The summed E-state index contributed by atoms with van der Waals surface area (Å²) in [5.41, 5.74) is 2.00. The van der Waals surface area contributed by atoms with Crippen LogP contribution in [0.3, 0.4) is 0 Å². The Labute approximate surface area is 155 Å². The van der Waals surface area contributed by atoms with Gasteiger partial charge in [0.05, 0.1) is 11.4 Å². The summed E-state index contributed by atoms with van der Waals surface area (Å²) in [4.78, 5) is 25.6. The zero-order valence-corrected chi connectivity index (χ0v) is 15.9. The first-order chi connectivity index (χ1) is 12.5. The predicted molar refractivity (Wildman–Crippen MR) is 101 cm³/mol. The van der Waals surface area contributed by atoms with Gasteiger partial charge in [-0.1, -0.05) is 0 Å². The van der Waals surface area contributed by atoms with Crippen LogP contribution in [-0.2, 0) is 17.8 Å². The molecule has 0 unspecified atom stereocenters. The summed E-state index contributed by atoms with van der Waals surface area (Å²) < 4.78 is 1.84. The highest BCUT2D eigenvalue weighted by molar-refractivity contribution is 5.76.